The normalized spacial score (nSPS) is 11.2. The first kappa shape index (κ1) is 13.0. The van der Waals surface area contributed by atoms with E-state index in [0.717, 1.165) is 0 Å². The lowest BCUT2D eigenvalue weighted by atomic mass is 10.2. The fraction of sp³-hybridized carbons (Fsp3) is 0.100. The van der Waals surface area contributed by atoms with E-state index in [-0.39, 0.29) is 11.4 Å². The summed E-state index contributed by atoms with van der Waals surface area (Å²) in [6.45, 7) is 0. The first-order valence-corrected chi connectivity index (χ1v) is 6.84. The second kappa shape index (κ2) is 5.06. The van der Waals surface area contributed by atoms with Gasteiger partial charge in [0.05, 0.1) is 22.6 Å². The molecule has 0 saturated carbocycles. The van der Waals surface area contributed by atoms with Crippen molar-refractivity contribution in [3.05, 3.63) is 52.3 Å². The van der Waals surface area contributed by atoms with Crippen molar-refractivity contribution in [2.75, 3.05) is 4.72 Å². The molecule has 100 valence electrons. The molecular formula is C10H10N4O4S. The molecule has 0 radical (unpaired) electrons. The van der Waals surface area contributed by atoms with Gasteiger partial charge in [0.1, 0.15) is 0 Å². The van der Waals surface area contributed by atoms with Gasteiger partial charge in [0.15, 0.2) is 0 Å². The first-order chi connectivity index (χ1) is 8.96. The summed E-state index contributed by atoms with van der Waals surface area (Å²) in [5, 5.41) is 16.6. The third-order valence-corrected chi connectivity index (χ3v) is 3.54. The lowest BCUT2D eigenvalue weighted by molar-refractivity contribution is -0.384. The maximum Gasteiger partial charge on any atom is 0.269 e. The SMILES string of the molecule is O=[N+]([O-])c1ccc(CS(=O)(=O)Nc2cn[nH]c2)cc1. The van der Waals surface area contributed by atoms with Crippen molar-refractivity contribution < 1.29 is 13.3 Å². The minimum Gasteiger partial charge on any atom is -0.284 e. The second-order valence-electron chi connectivity index (χ2n) is 3.77. The highest BCUT2D eigenvalue weighted by Crippen LogP contribution is 2.15. The van der Waals surface area contributed by atoms with Crippen LogP contribution in [-0.4, -0.2) is 23.5 Å². The number of anilines is 1. The third-order valence-electron chi connectivity index (χ3n) is 2.28. The Hall–Kier alpha value is -2.42. The lowest BCUT2D eigenvalue weighted by Crippen LogP contribution is -2.14. The van der Waals surface area contributed by atoms with E-state index < -0.39 is 14.9 Å². The van der Waals surface area contributed by atoms with Gasteiger partial charge in [0.25, 0.3) is 5.69 Å². The van der Waals surface area contributed by atoms with Crippen LogP contribution in [0, 0.1) is 10.1 Å². The van der Waals surface area contributed by atoms with E-state index in [1.54, 1.807) is 0 Å². The highest BCUT2D eigenvalue weighted by molar-refractivity contribution is 7.91. The smallest absolute Gasteiger partial charge is 0.269 e. The number of sulfonamides is 1. The van der Waals surface area contributed by atoms with Gasteiger partial charge in [-0.25, -0.2) is 8.42 Å². The van der Waals surface area contributed by atoms with Crippen LogP contribution in [0.1, 0.15) is 5.56 Å². The Morgan fingerprint density at radius 2 is 2.00 bits per heavy atom. The second-order valence-corrected chi connectivity index (χ2v) is 5.49. The van der Waals surface area contributed by atoms with Crippen LogP contribution in [0.25, 0.3) is 0 Å². The summed E-state index contributed by atoms with van der Waals surface area (Å²) >= 11 is 0. The molecule has 1 heterocycles. The molecule has 2 aromatic rings. The molecule has 0 unspecified atom stereocenters. The first-order valence-electron chi connectivity index (χ1n) is 5.19. The molecule has 9 heteroatoms. The number of hydrogen-bond donors (Lipinski definition) is 2. The Bertz CT molecular complexity index is 664. The number of nitro benzene ring substituents is 1. The predicted molar refractivity (Wildman–Crippen MR) is 67.9 cm³/mol. The summed E-state index contributed by atoms with van der Waals surface area (Å²) in [6, 6.07) is 5.35. The fourth-order valence-corrected chi connectivity index (χ4v) is 2.63. The van der Waals surface area contributed by atoms with Crippen molar-refractivity contribution >= 4 is 21.4 Å². The van der Waals surface area contributed by atoms with Gasteiger partial charge < -0.3 is 0 Å². The van der Waals surface area contributed by atoms with E-state index in [9.17, 15) is 18.5 Å². The average molecular weight is 282 g/mol. The Labute approximate surface area is 108 Å². The standard InChI is InChI=1S/C10H10N4O4S/c15-14(16)10-3-1-8(2-4-10)7-19(17,18)13-9-5-11-12-6-9/h1-6,13H,7H2,(H,11,12). The zero-order chi connectivity index (χ0) is 13.9. The van der Waals surface area contributed by atoms with Gasteiger partial charge in [0, 0.05) is 18.3 Å². The molecule has 19 heavy (non-hydrogen) atoms. The van der Waals surface area contributed by atoms with Gasteiger partial charge in [0.2, 0.25) is 10.0 Å². The summed E-state index contributed by atoms with van der Waals surface area (Å²) in [4.78, 5) is 9.93. The van der Waals surface area contributed by atoms with E-state index in [1.807, 2.05) is 0 Å². The number of aromatic nitrogens is 2. The van der Waals surface area contributed by atoms with E-state index in [1.165, 1.54) is 36.7 Å². The van der Waals surface area contributed by atoms with Crippen LogP contribution >= 0.6 is 0 Å². The molecule has 0 amide bonds. The summed E-state index contributed by atoms with van der Waals surface area (Å²) in [5.41, 5.74) is 0.715. The minimum absolute atomic E-state index is 0.0797. The lowest BCUT2D eigenvalue weighted by Gasteiger charge is -2.05. The number of non-ortho nitro benzene ring substituents is 1. The molecule has 1 aromatic carbocycles. The number of hydrogen-bond acceptors (Lipinski definition) is 5. The van der Waals surface area contributed by atoms with Gasteiger partial charge in [-0.3, -0.25) is 19.9 Å². The van der Waals surface area contributed by atoms with Crippen LogP contribution in [0.4, 0.5) is 11.4 Å². The molecule has 0 aliphatic heterocycles. The third kappa shape index (κ3) is 3.52. The van der Waals surface area contributed by atoms with E-state index in [2.05, 4.69) is 14.9 Å². The summed E-state index contributed by atoms with van der Waals surface area (Å²) in [6.07, 6.45) is 2.75. The summed E-state index contributed by atoms with van der Waals surface area (Å²) in [7, 11) is -3.57. The Morgan fingerprint density at radius 3 is 2.53 bits per heavy atom. The monoisotopic (exact) mass is 282 g/mol. The molecule has 0 aliphatic carbocycles. The molecule has 0 bridgehead atoms. The van der Waals surface area contributed by atoms with E-state index in [4.69, 9.17) is 0 Å². The molecule has 0 fully saturated rings. The highest BCUT2D eigenvalue weighted by atomic mass is 32.2. The molecule has 0 spiro atoms. The molecule has 1 aromatic heterocycles. The number of nitrogens with zero attached hydrogens (tertiary/aromatic N) is 2. The average Bonchev–Trinajstić information content (AvgIpc) is 2.81. The molecular weight excluding hydrogens is 272 g/mol. The zero-order valence-electron chi connectivity index (χ0n) is 9.61. The topological polar surface area (TPSA) is 118 Å². The number of benzene rings is 1. The Kier molecular flexibility index (Phi) is 3.47. The molecule has 0 saturated heterocycles. The fourth-order valence-electron chi connectivity index (χ4n) is 1.46. The van der Waals surface area contributed by atoms with Gasteiger partial charge in [-0.05, 0) is 5.56 Å². The van der Waals surface area contributed by atoms with Crippen molar-refractivity contribution in [1.82, 2.24) is 10.2 Å². The van der Waals surface area contributed by atoms with Crippen LogP contribution in [-0.2, 0) is 15.8 Å². The van der Waals surface area contributed by atoms with Gasteiger partial charge in [-0.1, -0.05) is 12.1 Å². The van der Waals surface area contributed by atoms with Crippen LogP contribution in [0.2, 0.25) is 0 Å². The van der Waals surface area contributed by atoms with E-state index in [0.29, 0.717) is 11.3 Å². The number of nitrogens with one attached hydrogen (secondary N) is 2. The minimum atomic E-state index is -3.57. The largest absolute Gasteiger partial charge is 0.284 e. The highest BCUT2D eigenvalue weighted by Gasteiger charge is 2.13. The van der Waals surface area contributed by atoms with Crippen molar-refractivity contribution in [2.24, 2.45) is 0 Å². The van der Waals surface area contributed by atoms with Crippen molar-refractivity contribution in [3.63, 3.8) is 0 Å². The summed E-state index contributed by atoms with van der Waals surface area (Å²) in [5.74, 6) is -0.268. The number of aromatic amines is 1. The molecule has 8 nitrogen and oxygen atoms in total. The molecule has 0 atom stereocenters. The molecule has 2 N–H and O–H groups in total. The quantitative estimate of drug-likeness (QED) is 0.632. The zero-order valence-corrected chi connectivity index (χ0v) is 10.4. The van der Waals surface area contributed by atoms with Crippen molar-refractivity contribution in [1.29, 1.82) is 0 Å². The summed E-state index contributed by atoms with van der Waals surface area (Å²) < 4.78 is 25.9. The van der Waals surface area contributed by atoms with Gasteiger partial charge in [-0.2, -0.15) is 5.10 Å². The molecule has 2 rings (SSSR count). The van der Waals surface area contributed by atoms with Crippen LogP contribution in [0.15, 0.2) is 36.7 Å². The van der Waals surface area contributed by atoms with Gasteiger partial charge >= 0.3 is 0 Å². The van der Waals surface area contributed by atoms with Gasteiger partial charge in [-0.15, -0.1) is 0 Å². The Morgan fingerprint density at radius 1 is 1.32 bits per heavy atom. The Balaban J connectivity index is 2.09. The maximum absolute atomic E-state index is 11.8. The van der Waals surface area contributed by atoms with Crippen molar-refractivity contribution in [2.45, 2.75) is 5.75 Å². The van der Waals surface area contributed by atoms with Crippen LogP contribution in [0.3, 0.4) is 0 Å². The van der Waals surface area contributed by atoms with E-state index >= 15 is 0 Å². The van der Waals surface area contributed by atoms with Crippen LogP contribution < -0.4 is 4.72 Å². The van der Waals surface area contributed by atoms with Crippen LogP contribution in [0.5, 0.6) is 0 Å². The predicted octanol–water partition coefficient (Wildman–Crippen LogP) is 1.26. The number of nitro groups is 1. The number of rotatable bonds is 5. The maximum atomic E-state index is 11.8. The molecule has 0 aliphatic rings. The number of H-pyrrole nitrogens is 1. The van der Waals surface area contributed by atoms with Crippen molar-refractivity contribution in [3.8, 4) is 0 Å².